The highest BCUT2D eigenvalue weighted by atomic mass is 32.2. The average molecular weight is 498 g/mol. The first-order chi connectivity index (χ1) is 16.0. The fraction of sp³-hybridized carbons (Fsp3) is 0.391. The van der Waals surface area contributed by atoms with Gasteiger partial charge in [0.1, 0.15) is 18.3 Å². The van der Waals surface area contributed by atoms with E-state index < -0.39 is 40.2 Å². The number of sulfonamides is 1. The summed E-state index contributed by atoms with van der Waals surface area (Å²) < 4.78 is 57.9. The molecular formula is C23H29F2N3O5S. The van der Waals surface area contributed by atoms with Crippen LogP contribution in [0.4, 0.5) is 14.5 Å². The number of carbonyl (C=O) groups excluding carboxylic acids is 2. The Morgan fingerprint density at radius 2 is 1.71 bits per heavy atom. The quantitative estimate of drug-likeness (QED) is 0.515. The number of nitrogens with one attached hydrogen (secondary N) is 1. The number of benzene rings is 2. The fourth-order valence-corrected chi connectivity index (χ4v) is 4.23. The number of hydrogen-bond acceptors (Lipinski definition) is 5. The van der Waals surface area contributed by atoms with E-state index in [1.807, 2.05) is 0 Å². The van der Waals surface area contributed by atoms with Crippen LogP contribution in [0.3, 0.4) is 0 Å². The van der Waals surface area contributed by atoms with Crippen LogP contribution in [-0.4, -0.2) is 57.6 Å². The molecule has 11 heteroatoms. The Labute approximate surface area is 198 Å². The number of halogens is 2. The van der Waals surface area contributed by atoms with Crippen LogP contribution in [0, 0.1) is 11.6 Å². The zero-order valence-electron chi connectivity index (χ0n) is 19.5. The van der Waals surface area contributed by atoms with Crippen molar-refractivity contribution in [3.8, 4) is 5.75 Å². The van der Waals surface area contributed by atoms with E-state index in [1.54, 1.807) is 38.1 Å². The summed E-state index contributed by atoms with van der Waals surface area (Å²) >= 11 is 0. The van der Waals surface area contributed by atoms with Crippen LogP contribution in [0.25, 0.3) is 0 Å². The molecule has 0 bridgehead atoms. The molecule has 0 heterocycles. The minimum absolute atomic E-state index is 0.0217. The van der Waals surface area contributed by atoms with Gasteiger partial charge in [-0.15, -0.1) is 0 Å². The van der Waals surface area contributed by atoms with E-state index in [1.165, 1.54) is 12.0 Å². The number of ether oxygens (including phenoxy) is 1. The highest BCUT2D eigenvalue weighted by Gasteiger charge is 2.31. The van der Waals surface area contributed by atoms with Gasteiger partial charge in [0.05, 0.1) is 19.1 Å². The standard InChI is InChI=1S/C23H29F2N3O5S/c1-5-21(23(30)26-6-2)27(14-16-7-10-18(33-3)11-8-16)22(29)15-28(34(4,31)32)17-9-12-19(24)20(25)13-17/h7-13,21H,5-6,14-15H2,1-4H3,(H,26,30)/t21-/m0/s1. The summed E-state index contributed by atoms with van der Waals surface area (Å²) in [5.74, 6) is -2.84. The van der Waals surface area contributed by atoms with Gasteiger partial charge in [-0.3, -0.25) is 13.9 Å². The van der Waals surface area contributed by atoms with Gasteiger partial charge in [0.2, 0.25) is 21.8 Å². The van der Waals surface area contributed by atoms with Gasteiger partial charge in [-0.25, -0.2) is 17.2 Å². The Morgan fingerprint density at radius 1 is 1.06 bits per heavy atom. The van der Waals surface area contributed by atoms with Crippen LogP contribution < -0.4 is 14.4 Å². The topological polar surface area (TPSA) is 96.0 Å². The van der Waals surface area contributed by atoms with Crippen molar-refractivity contribution >= 4 is 27.5 Å². The molecule has 1 N–H and O–H groups in total. The Morgan fingerprint density at radius 3 is 2.21 bits per heavy atom. The lowest BCUT2D eigenvalue weighted by molar-refractivity contribution is -0.140. The van der Waals surface area contributed by atoms with E-state index in [-0.39, 0.29) is 24.6 Å². The molecule has 2 aromatic rings. The van der Waals surface area contributed by atoms with Gasteiger partial charge in [0, 0.05) is 19.2 Å². The number of rotatable bonds is 11. The Kier molecular flexibility index (Phi) is 9.36. The first kappa shape index (κ1) is 27.0. The van der Waals surface area contributed by atoms with E-state index in [0.29, 0.717) is 28.2 Å². The number of anilines is 1. The Hall–Kier alpha value is -3.21. The maximum Gasteiger partial charge on any atom is 0.244 e. The number of amides is 2. The van der Waals surface area contributed by atoms with Crippen LogP contribution in [-0.2, 0) is 26.2 Å². The zero-order valence-corrected chi connectivity index (χ0v) is 20.4. The molecule has 0 radical (unpaired) electrons. The summed E-state index contributed by atoms with van der Waals surface area (Å²) in [6, 6.07) is 8.55. The maximum absolute atomic E-state index is 13.8. The van der Waals surface area contributed by atoms with Crippen molar-refractivity contribution in [1.82, 2.24) is 10.2 Å². The van der Waals surface area contributed by atoms with Crippen LogP contribution in [0.5, 0.6) is 5.75 Å². The van der Waals surface area contributed by atoms with Gasteiger partial charge in [0.15, 0.2) is 11.6 Å². The largest absolute Gasteiger partial charge is 0.497 e. The molecule has 0 aliphatic heterocycles. The highest BCUT2D eigenvalue weighted by molar-refractivity contribution is 7.92. The normalized spacial score (nSPS) is 12.1. The number of carbonyl (C=O) groups is 2. The monoisotopic (exact) mass is 497 g/mol. The van der Waals surface area contributed by atoms with E-state index in [4.69, 9.17) is 4.74 Å². The second-order valence-electron chi connectivity index (χ2n) is 7.56. The van der Waals surface area contributed by atoms with Crippen LogP contribution in [0.2, 0.25) is 0 Å². The lowest BCUT2D eigenvalue weighted by Crippen LogP contribution is -2.52. The zero-order chi connectivity index (χ0) is 25.5. The number of hydrogen-bond donors (Lipinski definition) is 1. The van der Waals surface area contributed by atoms with Crippen molar-refractivity contribution in [2.75, 3.05) is 30.8 Å². The molecule has 0 aliphatic carbocycles. The van der Waals surface area contributed by atoms with Crippen molar-refractivity contribution in [2.45, 2.75) is 32.9 Å². The predicted octanol–water partition coefficient (Wildman–Crippen LogP) is 2.68. The molecule has 0 unspecified atom stereocenters. The second kappa shape index (κ2) is 11.8. The van der Waals surface area contributed by atoms with Gasteiger partial charge >= 0.3 is 0 Å². The molecule has 0 aliphatic rings. The van der Waals surface area contributed by atoms with Crippen molar-refractivity contribution in [2.24, 2.45) is 0 Å². The second-order valence-corrected chi connectivity index (χ2v) is 9.46. The van der Waals surface area contributed by atoms with Crippen molar-refractivity contribution < 1.29 is 31.5 Å². The molecule has 2 amide bonds. The molecule has 2 aromatic carbocycles. The summed E-state index contributed by atoms with van der Waals surface area (Å²) in [5, 5.41) is 2.69. The molecule has 0 spiro atoms. The van der Waals surface area contributed by atoms with Crippen LogP contribution in [0.15, 0.2) is 42.5 Å². The predicted molar refractivity (Wildman–Crippen MR) is 125 cm³/mol. The van der Waals surface area contributed by atoms with Crippen LogP contribution >= 0.6 is 0 Å². The number of methoxy groups -OCH3 is 1. The van der Waals surface area contributed by atoms with Crippen molar-refractivity contribution in [3.05, 3.63) is 59.7 Å². The van der Waals surface area contributed by atoms with Crippen molar-refractivity contribution in [1.29, 1.82) is 0 Å². The van der Waals surface area contributed by atoms with Gasteiger partial charge in [-0.1, -0.05) is 19.1 Å². The molecule has 0 aromatic heterocycles. The van der Waals surface area contributed by atoms with E-state index in [9.17, 15) is 26.8 Å². The highest BCUT2D eigenvalue weighted by Crippen LogP contribution is 2.22. The van der Waals surface area contributed by atoms with Gasteiger partial charge in [0.25, 0.3) is 0 Å². The van der Waals surface area contributed by atoms with E-state index in [0.717, 1.165) is 18.4 Å². The third-order valence-electron chi connectivity index (χ3n) is 5.12. The molecule has 2 rings (SSSR count). The van der Waals surface area contributed by atoms with E-state index >= 15 is 0 Å². The minimum atomic E-state index is -4.04. The molecule has 1 atom stereocenters. The molecule has 8 nitrogen and oxygen atoms in total. The molecule has 34 heavy (non-hydrogen) atoms. The average Bonchev–Trinajstić information content (AvgIpc) is 2.79. The first-order valence-corrected chi connectivity index (χ1v) is 12.5. The summed E-state index contributed by atoms with van der Waals surface area (Å²) in [6.07, 6.45) is 1.13. The van der Waals surface area contributed by atoms with Gasteiger partial charge < -0.3 is 15.0 Å². The summed E-state index contributed by atoms with van der Waals surface area (Å²) in [4.78, 5) is 27.4. The lowest BCUT2D eigenvalue weighted by Gasteiger charge is -2.32. The van der Waals surface area contributed by atoms with E-state index in [2.05, 4.69) is 5.32 Å². The minimum Gasteiger partial charge on any atom is -0.497 e. The third-order valence-corrected chi connectivity index (χ3v) is 6.26. The lowest BCUT2D eigenvalue weighted by atomic mass is 10.1. The SMILES string of the molecule is CCNC(=O)[C@H](CC)N(Cc1ccc(OC)cc1)C(=O)CN(c1ccc(F)c(F)c1)S(C)(=O)=O. The van der Waals surface area contributed by atoms with Crippen molar-refractivity contribution in [3.63, 3.8) is 0 Å². The first-order valence-electron chi connectivity index (χ1n) is 10.6. The number of likely N-dealkylation sites (N-methyl/N-ethyl adjacent to an activating group) is 1. The fourth-order valence-electron chi connectivity index (χ4n) is 3.39. The Balaban J connectivity index is 2.44. The molecule has 186 valence electrons. The molecule has 0 saturated heterocycles. The smallest absolute Gasteiger partial charge is 0.244 e. The molecular weight excluding hydrogens is 468 g/mol. The maximum atomic E-state index is 13.8. The van der Waals surface area contributed by atoms with Gasteiger partial charge in [-0.2, -0.15) is 0 Å². The Bertz CT molecular complexity index is 1110. The summed E-state index contributed by atoms with van der Waals surface area (Å²) in [6.45, 7) is 3.15. The molecule has 0 fully saturated rings. The molecule has 0 saturated carbocycles. The number of nitrogens with zero attached hydrogens (tertiary/aromatic N) is 2. The van der Waals surface area contributed by atoms with Gasteiger partial charge in [-0.05, 0) is 43.2 Å². The third kappa shape index (κ3) is 6.89. The van der Waals surface area contributed by atoms with Crippen LogP contribution in [0.1, 0.15) is 25.8 Å². The summed E-state index contributed by atoms with van der Waals surface area (Å²) in [7, 11) is -2.52. The summed E-state index contributed by atoms with van der Waals surface area (Å²) in [5.41, 5.74) is 0.487.